The Hall–Kier alpha value is -0.860. The van der Waals surface area contributed by atoms with E-state index in [1.807, 2.05) is 0 Å². The van der Waals surface area contributed by atoms with E-state index in [-0.39, 0.29) is 12.1 Å². The fraction of sp³-hybridized carbons (Fsp3) is 0.625. The van der Waals surface area contributed by atoms with Gasteiger partial charge in [-0.1, -0.05) is 17.7 Å². The summed E-state index contributed by atoms with van der Waals surface area (Å²) in [5, 5.41) is 0. The van der Waals surface area contributed by atoms with E-state index in [1.54, 1.807) is 0 Å². The van der Waals surface area contributed by atoms with E-state index in [0.29, 0.717) is 6.10 Å². The second-order valence-electron chi connectivity index (χ2n) is 5.81. The highest BCUT2D eigenvalue weighted by Crippen LogP contribution is 2.24. The molecular formula is C16H25NO. The van der Waals surface area contributed by atoms with Crippen LogP contribution in [0.4, 0.5) is 0 Å². The number of hydrogen-bond donors (Lipinski definition) is 1. The molecule has 1 aromatic carbocycles. The minimum atomic E-state index is 0.120. The Morgan fingerprint density at radius 3 is 2.33 bits per heavy atom. The highest BCUT2D eigenvalue weighted by Gasteiger charge is 2.27. The fourth-order valence-corrected chi connectivity index (χ4v) is 3.05. The van der Waals surface area contributed by atoms with Gasteiger partial charge in [0.15, 0.2) is 0 Å². The second kappa shape index (κ2) is 5.41. The first-order valence-corrected chi connectivity index (χ1v) is 6.95. The van der Waals surface area contributed by atoms with Crippen LogP contribution in [0.2, 0.25) is 0 Å². The molecule has 0 saturated carbocycles. The summed E-state index contributed by atoms with van der Waals surface area (Å²) in [4.78, 5) is 0. The summed E-state index contributed by atoms with van der Waals surface area (Å²) >= 11 is 0. The summed E-state index contributed by atoms with van der Waals surface area (Å²) in [5.41, 5.74) is 11.8. The summed E-state index contributed by atoms with van der Waals surface area (Å²) in [6.07, 6.45) is 3.78. The van der Waals surface area contributed by atoms with E-state index in [4.69, 9.17) is 10.5 Å². The topological polar surface area (TPSA) is 35.2 Å². The van der Waals surface area contributed by atoms with E-state index in [9.17, 15) is 0 Å². The molecule has 0 aliphatic carbocycles. The minimum Gasteiger partial charge on any atom is -0.374 e. The van der Waals surface area contributed by atoms with Crippen LogP contribution < -0.4 is 5.73 Å². The predicted octanol–water partition coefficient (Wildman–Crippen LogP) is 3.05. The Balaban J connectivity index is 2.09. The van der Waals surface area contributed by atoms with Crippen LogP contribution in [0.1, 0.15) is 42.0 Å². The van der Waals surface area contributed by atoms with Gasteiger partial charge in [0.25, 0.3) is 0 Å². The van der Waals surface area contributed by atoms with Crippen LogP contribution in [0.5, 0.6) is 0 Å². The van der Waals surface area contributed by atoms with Crippen molar-refractivity contribution in [1.29, 1.82) is 0 Å². The van der Waals surface area contributed by atoms with Crippen molar-refractivity contribution in [3.63, 3.8) is 0 Å². The van der Waals surface area contributed by atoms with E-state index >= 15 is 0 Å². The smallest absolute Gasteiger partial charge is 0.0733 e. The van der Waals surface area contributed by atoms with E-state index < -0.39 is 0 Å². The minimum absolute atomic E-state index is 0.120. The predicted molar refractivity (Wildman–Crippen MR) is 75.9 cm³/mol. The Morgan fingerprint density at radius 1 is 1.22 bits per heavy atom. The Kier molecular flexibility index (Phi) is 4.08. The second-order valence-corrected chi connectivity index (χ2v) is 5.81. The monoisotopic (exact) mass is 247 g/mol. The molecule has 1 saturated heterocycles. The lowest BCUT2D eigenvalue weighted by Crippen LogP contribution is -2.37. The lowest BCUT2D eigenvalue weighted by Gasteiger charge is -2.21. The van der Waals surface area contributed by atoms with Gasteiger partial charge in [-0.25, -0.2) is 0 Å². The molecule has 3 atom stereocenters. The summed E-state index contributed by atoms with van der Waals surface area (Å²) in [6, 6.07) is 4.61. The van der Waals surface area contributed by atoms with Crippen molar-refractivity contribution in [2.45, 2.75) is 65.2 Å². The molecule has 0 spiro atoms. The highest BCUT2D eigenvalue weighted by molar-refractivity contribution is 5.38. The van der Waals surface area contributed by atoms with Crippen molar-refractivity contribution in [2.75, 3.05) is 0 Å². The number of ether oxygens (including phenoxy) is 1. The SMILES string of the molecule is Cc1cc(C)c(CC(N)C2CCC(C)O2)c(C)c1. The van der Waals surface area contributed by atoms with Crippen LogP contribution >= 0.6 is 0 Å². The first-order valence-electron chi connectivity index (χ1n) is 6.95. The van der Waals surface area contributed by atoms with Gasteiger partial charge < -0.3 is 10.5 Å². The van der Waals surface area contributed by atoms with Gasteiger partial charge in [0.2, 0.25) is 0 Å². The lowest BCUT2D eigenvalue weighted by molar-refractivity contribution is 0.0404. The summed E-state index contributed by atoms with van der Waals surface area (Å²) in [5.74, 6) is 0. The molecule has 0 aromatic heterocycles. The van der Waals surface area contributed by atoms with E-state index in [1.165, 1.54) is 22.3 Å². The normalized spacial score (nSPS) is 25.4. The molecule has 2 N–H and O–H groups in total. The molecule has 2 heteroatoms. The quantitative estimate of drug-likeness (QED) is 0.891. The average Bonchev–Trinajstić information content (AvgIpc) is 2.70. The Bertz CT molecular complexity index is 404. The van der Waals surface area contributed by atoms with Crippen LogP contribution in [0.15, 0.2) is 12.1 Å². The first kappa shape index (κ1) is 13.6. The van der Waals surface area contributed by atoms with E-state index in [2.05, 4.69) is 39.8 Å². The number of nitrogens with two attached hydrogens (primary N) is 1. The standard InChI is InChI=1S/C16H25NO/c1-10-7-11(2)14(12(3)8-10)9-15(17)16-6-5-13(4)18-16/h7-8,13,15-16H,5-6,9,17H2,1-4H3. The summed E-state index contributed by atoms with van der Waals surface area (Å²) in [6.45, 7) is 8.64. The molecule has 0 bridgehead atoms. The van der Waals surface area contributed by atoms with Gasteiger partial charge >= 0.3 is 0 Å². The molecule has 0 amide bonds. The fourth-order valence-electron chi connectivity index (χ4n) is 3.05. The van der Waals surface area contributed by atoms with Gasteiger partial charge in [0.05, 0.1) is 12.2 Å². The number of aryl methyl sites for hydroxylation is 3. The maximum Gasteiger partial charge on any atom is 0.0733 e. The van der Waals surface area contributed by atoms with Crippen LogP contribution in [-0.2, 0) is 11.2 Å². The molecule has 3 unspecified atom stereocenters. The number of hydrogen-bond acceptors (Lipinski definition) is 2. The molecule has 100 valence electrons. The molecule has 1 aliphatic heterocycles. The van der Waals surface area contributed by atoms with Crippen molar-refractivity contribution in [1.82, 2.24) is 0 Å². The van der Waals surface area contributed by atoms with Crippen LogP contribution in [0.25, 0.3) is 0 Å². The first-order chi connectivity index (χ1) is 8.47. The van der Waals surface area contributed by atoms with Crippen LogP contribution in [0.3, 0.4) is 0 Å². The molecule has 2 nitrogen and oxygen atoms in total. The molecule has 2 rings (SSSR count). The van der Waals surface area contributed by atoms with Crippen molar-refractivity contribution < 1.29 is 4.74 Å². The Labute approximate surface area is 111 Å². The lowest BCUT2D eigenvalue weighted by atomic mass is 9.92. The molecule has 1 aromatic rings. The third kappa shape index (κ3) is 2.93. The molecule has 18 heavy (non-hydrogen) atoms. The van der Waals surface area contributed by atoms with Gasteiger partial charge in [-0.2, -0.15) is 0 Å². The molecule has 1 aliphatic rings. The van der Waals surface area contributed by atoms with Gasteiger partial charge in [0.1, 0.15) is 0 Å². The molecule has 0 radical (unpaired) electrons. The summed E-state index contributed by atoms with van der Waals surface area (Å²) in [7, 11) is 0. The van der Waals surface area contributed by atoms with Gasteiger partial charge in [-0.15, -0.1) is 0 Å². The molecular weight excluding hydrogens is 222 g/mol. The number of benzene rings is 1. The zero-order valence-corrected chi connectivity index (χ0v) is 12.0. The van der Waals surface area contributed by atoms with Crippen molar-refractivity contribution in [3.8, 4) is 0 Å². The van der Waals surface area contributed by atoms with Gasteiger partial charge in [-0.05, 0) is 63.6 Å². The van der Waals surface area contributed by atoms with E-state index in [0.717, 1.165) is 19.3 Å². The third-order valence-electron chi connectivity index (χ3n) is 4.02. The third-order valence-corrected chi connectivity index (χ3v) is 4.02. The maximum absolute atomic E-state index is 6.32. The Morgan fingerprint density at radius 2 is 1.83 bits per heavy atom. The zero-order chi connectivity index (χ0) is 13.3. The highest BCUT2D eigenvalue weighted by atomic mass is 16.5. The van der Waals surface area contributed by atoms with Crippen LogP contribution in [-0.4, -0.2) is 18.2 Å². The number of rotatable bonds is 3. The van der Waals surface area contributed by atoms with Gasteiger partial charge in [0, 0.05) is 6.04 Å². The van der Waals surface area contributed by atoms with Gasteiger partial charge in [-0.3, -0.25) is 0 Å². The van der Waals surface area contributed by atoms with Crippen molar-refractivity contribution >= 4 is 0 Å². The zero-order valence-electron chi connectivity index (χ0n) is 12.0. The largest absolute Gasteiger partial charge is 0.374 e. The summed E-state index contributed by atoms with van der Waals surface area (Å²) < 4.78 is 5.87. The average molecular weight is 247 g/mol. The maximum atomic E-state index is 6.32. The molecule has 1 heterocycles. The molecule has 1 fully saturated rings. The van der Waals surface area contributed by atoms with Crippen LogP contribution in [0, 0.1) is 20.8 Å². The van der Waals surface area contributed by atoms with Crippen molar-refractivity contribution in [2.24, 2.45) is 5.73 Å². The van der Waals surface area contributed by atoms with Crippen molar-refractivity contribution in [3.05, 3.63) is 34.4 Å².